The molecule has 0 aliphatic carbocycles. The number of nitrogens with zero attached hydrogens (tertiary/aromatic N) is 2. The largest absolute Gasteiger partial charge is 0.339 e. The maximum atomic E-state index is 12.7. The lowest BCUT2D eigenvalue weighted by Gasteiger charge is -2.32. The number of piperidine rings is 1. The third-order valence-corrected chi connectivity index (χ3v) is 7.21. The number of hydrogen-bond acceptors (Lipinski definition) is 4. The molecule has 1 aliphatic rings. The molecule has 0 bridgehead atoms. The van der Waals surface area contributed by atoms with Gasteiger partial charge in [-0.05, 0) is 63.0 Å². The molecule has 0 spiro atoms. The fraction of sp³-hybridized carbons (Fsp3) is 0.632. The van der Waals surface area contributed by atoms with Gasteiger partial charge in [-0.3, -0.25) is 4.79 Å². The number of benzene rings is 1. The molecular formula is C19H31N3O3S. The van der Waals surface area contributed by atoms with Crippen molar-refractivity contribution in [3.05, 3.63) is 29.8 Å². The maximum absolute atomic E-state index is 12.7. The molecule has 0 atom stereocenters. The van der Waals surface area contributed by atoms with Gasteiger partial charge in [-0.2, -0.15) is 4.31 Å². The van der Waals surface area contributed by atoms with E-state index < -0.39 is 10.0 Å². The Bertz CT molecular complexity index is 676. The molecule has 6 nitrogen and oxygen atoms in total. The Morgan fingerprint density at radius 2 is 1.73 bits per heavy atom. The Morgan fingerprint density at radius 3 is 2.23 bits per heavy atom. The van der Waals surface area contributed by atoms with Crippen LogP contribution in [0.15, 0.2) is 29.2 Å². The van der Waals surface area contributed by atoms with Gasteiger partial charge in [0.2, 0.25) is 10.0 Å². The summed E-state index contributed by atoms with van der Waals surface area (Å²) in [6.45, 7) is 7.06. The van der Waals surface area contributed by atoms with Crippen molar-refractivity contribution in [2.45, 2.75) is 38.0 Å². The Balaban J connectivity index is 2.01. The summed E-state index contributed by atoms with van der Waals surface area (Å²) < 4.78 is 26.5. The van der Waals surface area contributed by atoms with Crippen LogP contribution in [0.5, 0.6) is 0 Å². The number of carbonyl (C=O) groups excluding carboxylic acids is 1. The second-order valence-electron chi connectivity index (χ2n) is 6.74. The average molecular weight is 382 g/mol. The molecule has 26 heavy (non-hydrogen) atoms. The predicted molar refractivity (Wildman–Crippen MR) is 104 cm³/mol. The first kappa shape index (κ1) is 20.9. The lowest BCUT2D eigenvalue weighted by atomic mass is 9.93. The van der Waals surface area contributed by atoms with Gasteiger partial charge in [0.1, 0.15) is 0 Å². The molecule has 1 heterocycles. The zero-order chi connectivity index (χ0) is 19.2. The molecule has 7 heteroatoms. The topological polar surface area (TPSA) is 69.7 Å². The lowest BCUT2D eigenvalue weighted by molar-refractivity contribution is 0.0687. The van der Waals surface area contributed by atoms with Gasteiger partial charge in [0.15, 0.2) is 0 Å². The van der Waals surface area contributed by atoms with Crippen LogP contribution in [0.2, 0.25) is 0 Å². The summed E-state index contributed by atoms with van der Waals surface area (Å²) in [7, 11) is -1.52. The summed E-state index contributed by atoms with van der Waals surface area (Å²) in [4.78, 5) is 14.8. The SMILES string of the molecule is CCN(CC)S(=O)(=O)c1ccc(C(=O)N2CCC(CCNC)CC2)cc1. The van der Waals surface area contributed by atoms with E-state index in [1.165, 1.54) is 4.31 Å². The fourth-order valence-corrected chi connectivity index (χ4v) is 4.90. The van der Waals surface area contributed by atoms with Crippen LogP contribution < -0.4 is 5.32 Å². The van der Waals surface area contributed by atoms with Gasteiger partial charge in [0, 0.05) is 31.7 Å². The van der Waals surface area contributed by atoms with Gasteiger partial charge in [0.25, 0.3) is 5.91 Å². The van der Waals surface area contributed by atoms with Crippen molar-refractivity contribution in [3.63, 3.8) is 0 Å². The van der Waals surface area contributed by atoms with Crippen LogP contribution in [0.3, 0.4) is 0 Å². The highest BCUT2D eigenvalue weighted by Crippen LogP contribution is 2.22. The maximum Gasteiger partial charge on any atom is 0.253 e. The van der Waals surface area contributed by atoms with E-state index in [-0.39, 0.29) is 10.8 Å². The molecular weight excluding hydrogens is 350 g/mol. The van der Waals surface area contributed by atoms with Gasteiger partial charge in [-0.15, -0.1) is 0 Å². The minimum Gasteiger partial charge on any atom is -0.339 e. The van der Waals surface area contributed by atoms with Crippen molar-refractivity contribution in [1.82, 2.24) is 14.5 Å². The summed E-state index contributed by atoms with van der Waals surface area (Å²) in [5.41, 5.74) is 0.553. The Labute approximate surface area is 157 Å². The van der Waals surface area contributed by atoms with Gasteiger partial charge in [-0.1, -0.05) is 13.8 Å². The molecule has 1 aromatic carbocycles. The molecule has 1 aliphatic heterocycles. The molecule has 2 rings (SSSR count). The predicted octanol–water partition coefficient (Wildman–Crippen LogP) is 2.18. The van der Waals surface area contributed by atoms with E-state index in [4.69, 9.17) is 0 Å². The number of hydrogen-bond donors (Lipinski definition) is 1. The van der Waals surface area contributed by atoms with Gasteiger partial charge < -0.3 is 10.2 Å². The molecule has 0 aromatic heterocycles. The molecule has 1 saturated heterocycles. The number of sulfonamides is 1. The highest BCUT2D eigenvalue weighted by atomic mass is 32.2. The van der Waals surface area contributed by atoms with E-state index in [1.54, 1.807) is 24.3 Å². The first-order valence-corrected chi connectivity index (χ1v) is 10.9. The van der Waals surface area contributed by atoms with E-state index in [9.17, 15) is 13.2 Å². The molecule has 0 radical (unpaired) electrons. The number of rotatable bonds is 8. The quantitative estimate of drug-likeness (QED) is 0.749. The van der Waals surface area contributed by atoms with Crippen LogP contribution >= 0.6 is 0 Å². The number of likely N-dealkylation sites (tertiary alicyclic amines) is 1. The first-order valence-electron chi connectivity index (χ1n) is 9.48. The van der Waals surface area contributed by atoms with Crippen LogP contribution in [0.25, 0.3) is 0 Å². The van der Waals surface area contributed by atoms with Crippen molar-refractivity contribution in [2.24, 2.45) is 5.92 Å². The highest BCUT2D eigenvalue weighted by Gasteiger charge is 2.25. The normalized spacial score (nSPS) is 16.2. The molecule has 146 valence electrons. The summed E-state index contributed by atoms with van der Waals surface area (Å²) in [5.74, 6) is 0.664. The van der Waals surface area contributed by atoms with Gasteiger partial charge >= 0.3 is 0 Å². The van der Waals surface area contributed by atoms with Crippen molar-refractivity contribution >= 4 is 15.9 Å². The van der Waals surface area contributed by atoms with E-state index in [1.807, 2.05) is 25.8 Å². The van der Waals surface area contributed by atoms with E-state index in [2.05, 4.69) is 5.32 Å². The highest BCUT2D eigenvalue weighted by molar-refractivity contribution is 7.89. The van der Waals surface area contributed by atoms with Gasteiger partial charge in [0.05, 0.1) is 4.90 Å². The zero-order valence-electron chi connectivity index (χ0n) is 16.1. The van der Waals surface area contributed by atoms with Crippen molar-refractivity contribution in [3.8, 4) is 0 Å². The number of amides is 1. The van der Waals surface area contributed by atoms with E-state index in [0.29, 0.717) is 24.6 Å². The van der Waals surface area contributed by atoms with E-state index in [0.717, 1.165) is 38.9 Å². The van der Waals surface area contributed by atoms with Crippen LogP contribution in [0, 0.1) is 5.92 Å². The van der Waals surface area contributed by atoms with Crippen molar-refractivity contribution < 1.29 is 13.2 Å². The second-order valence-corrected chi connectivity index (χ2v) is 8.68. The fourth-order valence-electron chi connectivity index (χ4n) is 3.44. The van der Waals surface area contributed by atoms with E-state index >= 15 is 0 Å². The second kappa shape index (κ2) is 9.48. The molecule has 1 fully saturated rings. The molecule has 0 unspecified atom stereocenters. The smallest absolute Gasteiger partial charge is 0.253 e. The third-order valence-electron chi connectivity index (χ3n) is 5.15. The van der Waals surface area contributed by atoms with Crippen molar-refractivity contribution in [1.29, 1.82) is 0 Å². The minimum atomic E-state index is -3.48. The number of nitrogens with one attached hydrogen (secondary N) is 1. The summed E-state index contributed by atoms with van der Waals surface area (Å²) in [6.07, 6.45) is 3.21. The van der Waals surface area contributed by atoms with Gasteiger partial charge in [-0.25, -0.2) is 8.42 Å². The monoisotopic (exact) mass is 381 g/mol. The molecule has 1 amide bonds. The standard InChI is InChI=1S/C19H31N3O3S/c1-4-22(5-2)26(24,25)18-8-6-17(7-9-18)19(23)21-14-11-16(12-15-21)10-13-20-3/h6-9,16,20H,4-5,10-15H2,1-3H3. The number of carbonyl (C=O) groups is 1. The molecule has 0 saturated carbocycles. The summed E-state index contributed by atoms with van der Waals surface area (Å²) in [6, 6.07) is 6.35. The Morgan fingerprint density at radius 1 is 1.15 bits per heavy atom. The van der Waals surface area contributed by atoms with Crippen LogP contribution in [-0.2, 0) is 10.0 Å². The average Bonchev–Trinajstić information content (AvgIpc) is 2.67. The minimum absolute atomic E-state index is 0.0103. The Hall–Kier alpha value is -1.44. The zero-order valence-corrected chi connectivity index (χ0v) is 16.9. The summed E-state index contributed by atoms with van der Waals surface area (Å²) in [5, 5.41) is 3.18. The van der Waals surface area contributed by atoms with Crippen LogP contribution in [0.4, 0.5) is 0 Å². The summed E-state index contributed by atoms with van der Waals surface area (Å²) >= 11 is 0. The molecule has 1 aromatic rings. The third kappa shape index (κ3) is 4.84. The Kier molecular flexibility index (Phi) is 7.61. The molecule has 1 N–H and O–H groups in total. The van der Waals surface area contributed by atoms with Crippen molar-refractivity contribution in [2.75, 3.05) is 39.8 Å². The first-order chi connectivity index (χ1) is 12.4. The van der Waals surface area contributed by atoms with Crippen LogP contribution in [0.1, 0.15) is 43.5 Å². The lowest BCUT2D eigenvalue weighted by Crippen LogP contribution is -2.39. The van der Waals surface area contributed by atoms with Crippen LogP contribution in [-0.4, -0.2) is 63.3 Å².